The molecule has 1 aromatic heterocycles. The molecule has 182 valence electrons. The molecule has 1 unspecified atom stereocenters. The van der Waals surface area contributed by atoms with Crippen LogP contribution >= 0.6 is 0 Å². The molecule has 1 amide bonds. The first kappa shape index (κ1) is 26.5. The van der Waals surface area contributed by atoms with Crippen molar-refractivity contribution in [1.29, 1.82) is 0 Å². The number of aromatic nitrogens is 1. The van der Waals surface area contributed by atoms with Crippen LogP contribution in [0.3, 0.4) is 0 Å². The Labute approximate surface area is 196 Å². The Kier molecular flexibility index (Phi) is 7.75. The fourth-order valence-electron chi connectivity index (χ4n) is 3.15. The number of carboxylic acid groups (broad SMARTS) is 1. The molecule has 0 saturated carbocycles. The van der Waals surface area contributed by atoms with Crippen molar-refractivity contribution in [3.63, 3.8) is 0 Å². The van der Waals surface area contributed by atoms with E-state index in [-0.39, 0.29) is 23.9 Å². The maximum absolute atomic E-state index is 12.0. The number of carbonyl (C=O) groups is 1. The van der Waals surface area contributed by atoms with Crippen LogP contribution in [0.2, 0.25) is 18.1 Å². The minimum Gasteiger partial charge on any atom is -0.465 e. The van der Waals surface area contributed by atoms with Crippen LogP contribution < -0.4 is 5.32 Å². The van der Waals surface area contributed by atoms with Crippen LogP contribution in [0.1, 0.15) is 41.5 Å². The van der Waals surface area contributed by atoms with Crippen LogP contribution in [0.15, 0.2) is 30.5 Å². The average Bonchev–Trinajstić information content (AvgIpc) is 2.67. The molecule has 2 N–H and O–H groups in total. The SMILES string of the molecule is CC(C)(C)N(CC(CO[Si](C)(C)C(C)(C)C)Nc1c([N+](=O)[O-])cnc2ccccc12)C(=O)O. The summed E-state index contributed by atoms with van der Waals surface area (Å²) in [5.74, 6) is 0. The largest absolute Gasteiger partial charge is 0.465 e. The highest BCUT2D eigenvalue weighted by atomic mass is 28.4. The highest BCUT2D eigenvalue weighted by molar-refractivity contribution is 6.74. The van der Waals surface area contributed by atoms with Gasteiger partial charge in [-0.3, -0.25) is 10.1 Å². The highest BCUT2D eigenvalue weighted by Crippen LogP contribution is 2.37. The molecule has 0 fully saturated rings. The van der Waals surface area contributed by atoms with Gasteiger partial charge in [0.25, 0.3) is 0 Å². The van der Waals surface area contributed by atoms with Gasteiger partial charge in [0.05, 0.1) is 23.1 Å². The summed E-state index contributed by atoms with van der Waals surface area (Å²) in [4.78, 5) is 28.9. The minimum absolute atomic E-state index is 0.0383. The van der Waals surface area contributed by atoms with E-state index in [4.69, 9.17) is 4.43 Å². The molecule has 1 heterocycles. The summed E-state index contributed by atoms with van der Waals surface area (Å²) in [6, 6.07) is 6.64. The van der Waals surface area contributed by atoms with Crippen LogP contribution in [0.25, 0.3) is 10.9 Å². The highest BCUT2D eigenvalue weighted by Gasteiger charge is 2.38. The zero-order chi connectivity index (χ0) is 25.2. The molecule has 0 aliphatic carbocycles. The number of nitro groups is 1. The predicted molar refractivity (Wildman–Crippen MR) is 133 cm³/mol. The van der Waals surface area contributed by atoms with Crippen molar-refractivity contribution < 1.29 is 19.3 Å². The van der Waals surface area contributed by atoms with Gasteiger partial charge in [0, 0.05) is 17.5 Å². The van der Waals surface area contributed by atoms with Gasteiger partial charge in [-0.15, -0.1) is 0 Å². The van der Waals surface area contributed by atoms with Gasteiger partial charge in [0.15, 0.2) is 8.32 Å². The second-order valence-electron chi connectivity index (χ2n) is 10.8. The molecule has 1 aromatic carbocycles. The van der Waals surface area contributed by atoms with Crippen molar-refractivity contribution >= 4 is 36.7 Å². The van der Waals surface area contributed by atoms with Crippen LogP contribution in [0.5, 0.6) is 0 Å². The summed E-state index contributed by atoms with van der Waals surface area (Å²) in [5.41, 5.74) is 0.104. The number of hydrogen-bond acceptors (Lipinski definition) is 6. The average molecular weight is 477 g/mol. The van der Waals surface area contributed by atoms with Crippen molar-refractivity contribution in [2.75, 3.05) is 18.5 Å². The smallest absolute Gasteiger partial charge is 0.407 e. The first-order valence-electron chi connectivity index (χ1n) is 11.0. The van der Waals surface area contributed by atoms with Crippen molar-refractivity contribution in [3.8, 4) is 0 Å². The number of para-hydroxylation sites is 1. The number of hydrogen-bond donors (Lipinski definition) is 2. The number of nitrogens with zero attached hydrogens (tertiary/aromatic N) is 3. The Balaban J connectivity index is 2.51. The summed E-state index contributed by atoms with van der Waals surface area (Å²) in [6.07, 6.45) is 0.172. The van der Waals surface area contributed by atoms with Crippen LogP contribution in [0, 0.1) is 10.1 Å². The van der Waals surface area contributed by atoms with E-state index in [1.165, 1.54) is 11.1 Å². The quantitative estimate of drug-likeness (QED) is 0.284. The lowest BCUT2D eigenvalue weighted by molar-refractivity contribution is -0.384. The van der Waals surface area contributed by atoms with Crippen LogP contribution in [-0.2, 0) is 4.43 Å². The molecular formula is C23H36N4O5Si. The maximum atomic E-state index is 12.0. The van der Waals surface area contributed by atoms with E-state index in [2.05, 4.69) is 44.2 Å². The fourth-order valence-corrected chi connectivity index (χ4v) is 4.20. The molecule has 1 atom stereocenters. The Bertz CT molecular complexity index is 1010. The first-order chi connectivity index (χ1) is 15.0. The van der Waals surface area contributed by atoms with Gasteiger partial charge in [0.2, 0.25) is 0 Å². The number of benzene rings is 1. The zero-order valence-electron chi connectivity index (χ0n) is 20.8. The maximum Gasteiger partial charge on any atom is 0.407 e. The normalized spacial score (nSPS) is 13.6. The monoisotopic (exact) mass is 476 g/mol. The Morgan fingerprint density at radius 2 is 1.85 bits per heavy atom. The molecule has 0 aliphatic heterocycles. The van der Waals surface area contributed by atoms with E-state index in [9.17, 15) is 20.0 Å². The fraction of sp³-hybridized carbons (Fsp3) is 0.565. The predicted octanol–water partition coefficient (Wildman–Crippen LogP) is 5.72. The third-order valence-corrected chi connectivity index (χ3v) is 10.7. The topological polar surface area (TPSA) is 118 Å². The molecular weight excluding hydrogens is 440 g/mol. The van der Waals surface area contributed by atoms with E-state index >= 15 is 0 Å². The molecule has 0 bridgehead atoms. The third-order valence-electron chi connectivity index (χ3n) is 6.20. The van der Waals surface area contributed by atoms with Gasteiger partial charge in [-0.1, -0.05) is 39.0 Å². The van der Waals surface area contributed by atoms with E-state index in [1.54, 1.807) is 18.2 Å². The molecule has 0 saturated heterocycles. The zero-order valence-corrected chi connectivity index (χ0v) is 21.8. The summed E-state index contributed by atoms with van der Waals surface area (Å²) >= 11 is 0. The lowest BCUT2D eigenvalue weighted by Crippen LogP contribution is -2.52. The number of anilines is 1. The Morgan fingerprint density at radius 1 is 1.24 bits per heavy atom. The second-order valence-corrected chi connectivity index (χ2v) is 15.6. The number of amides is 1. The third kappa shape index (κ3) is 6.41. The van der Waals surface area contributed by atoms with Crippen molar-refractivity contribution in [2.45, 2.75) is 71.3 Å². The number of fused-ring (bicyclic) bond motifs is 1. The van der Waals surface area contributed by atoms with E-state index < -0.39 is 30.9 Å². The van der Waals surface area contributed by atoms with Crippen molar-refractivity contribution in [2.24, 2.45) is 0 Å². The van der Waals surface area contributed by atoms with Gasteiger partial charge in [-0.2, -0.15) is 0 Å². The number of pyridine rings is 1. The van der Waals surface area contributed by atoms with E-state index in [0.29, 0.717) is 16.6 Å². The van der Waals surface area contributed by atoms with E-state index in [0.717, 1.165) is 0 Å². The molecule has 2 aromatic rings. The van der Waals surface area contributed by atoms with Gasteiger partial charge >= 0.3 is 11.8 Å². The van der Waals surface area contributed by atoms with E-state index in [1.807, 2.05) is 26.8 Å². The van der Waals surface area contributed by atoms with Crippen LogP contribution in [-0.4, -0.2) is 59.1 Å². The van der Waals surface area contributed by atoms with Crippen LogP contribution in [0.4, 0.5) is 16.2 Å². The lowest BCUT2D eigenvalue weighted by atomic mass is 10.1. The summed E-state index contributed by atoms with van der Waals surface area (Å²) in [5, 5.41) is 25.4. The summed E-state index contributed by atoms with van der Waals surface area (Å²) in [6.45, 7) is 16.4. The summed E-state index contributed by atoms with van der Waals surface area (Å²) in [7, 11) is -2.15. The van der Waals surface area contributed by atoms with Gasteiger partial charge < -0.3 is 19.7 Å². The second kappa shape index (κ2) is 9.64. The Hall–Kier alpha value is -2.72. The molecule has 2 rings (SSSR count). The molecule has 10 heteroatoms. The molecule has 0 spiro atoms. The van der Waals surface area contributed by atoms with Gasteiger partial charge in [0.1, 0.15) is 11.9 Å². The summed E-state index contributed by atoms with van der Waals surface area (Å²) < 4.78 is 6.41. The van der Waals surface area contributed by atoms with Crippen molar-refractivity contribution in [1.82, 2.24) is 9.88 Å². The lowest BCUT2D eigenvalue weighted by Gasteiger charge is -2.40. The van der Waals surface area contributed by atoms with Crippen molar-refractivity contribution in [3.05, 3.63) is 40.6 Å². The molecule has 0 radical (unpaired) electrons. The first-order valence-corrected chi connectivity index (χ1v) is 13.9. The standard InChI is InChI=1S/C23H36N4O5Si/c1-22(2,3)26(21(28)29)14-16(15-32-33(7,8)23(4,5)6)25-20-17-11-9-10-12-18(17)24-13-19(20)27(30)31/h9-13,16H,14-15H2,1-8H3,(H,24,25)(H,28,29). The minimum atomic E-state index is -2.15. The molecule has 9 nitrogen and oxygen atoms in total. The van der Waals surface area contributed by atoms with Gasteiger partial charge in [-0.25, -0.2) is 9.78 Å². The van der Waals surface area contributed by atoms with Gasteiger partial charge in [-0.05, 0) is 45.0 Å². The molecule has 33 heavy (non-hydrogen) atoms. The Morgan fingerprint density at radius 3 is 2.36 bits per heavy atom. The molecule has 0 aliphatic rings. The number of rotatable bonds is 8. The number of nitrogens with one attached hydrogen (secondary N) is 1.